The summed E-state index contributed by atoms with van der Waals surface area (Å²) in [5, 5.41) is 9.65. The molecule has 0 unspecified atom stereocenters. The van der Waals surface area contributed by atoms with Crippen LogP contribution >= 0.6 is 0 Å². The van der Waals surface area contributed by atoms with Crippen LogP contribution in [0.4, 0.5) is 11.6 Å². The number of hydrogen-bond acceptors (Lipinski definition) is 6. The zero-order valence-corrected chi connectivity index (χ0v) is 16.0. The smallest absolute Gasteiger partial charge is 0.330 e. The molecular formula is C20H25N3O4. The van der Waals surface area contributed by atoms with Crippen LogP contribution in [0.25, 0.3) is 6.08 Å². The Balaban J connectivity index is 1.83. The minimum atomic E-state index is -0.376. The molecule has 2 rings (SSSR count). The fourth-order valence-electron chi connectivity index (χ4n) is 2.12. The standard InChI is InChI=1S/C20H25N3O4/c1-5-26-19(25)11-8-14-6-9-15(10-7-14)21-13-17(24)22-18-12-16(23-27-18)20(2,3)4/h6-12,21H,5,13H2,1-4H3,(H,22,24)/b11-8+. The number of benzene rings is 1. The number of carbonyl (C=O) groups excluding carboxylic acids is 2. The van der Waals surface area contributed by atoms with Crippen molar-refractivity contribution in [1.82, 2.24) is 5.16 Å². The van der Waals surface area contributed by atoms with E-state index in [0.29, 0.717) is 12.5 Å². The molecule has 0 spiro atoms. The minimum absolute atomic E-state index is 0.0869. The second-order valence-corrected chi connectivity index (χ2v) is 6.94. The molecule has 0 aliphatic heterocycles. The second kappa shape index (κ2) is 9.02. The number of aromatic nitrogens is 1. The number of hydrogen-bond donors (Lipinski definition) is 2. The van der Waals surface area contributed by atoms with Gasteiger partial charge in [-0.25, -0.2) is 4.79 Å². The molecule has 0 saturated heterocycles. The average Bonchev–Trinajstić information content (AvgIpc) is 3.08. The highest BCUT2D eigenvalue weighted by molar-refractivity contribution is 5.92. The third-order valence-corrected chi connectivity index (χ3v) is 3.60. The molecule has 0 aliphatic carbocycles. The van der Waals surface area contributed by atoms with Gasteiger partial charge in [0.1, 0.15) is 0 Å². The highest BCUT2D eigenvalue weighted by atomic mass is 16.5. The molecule has 144 valence electrons. The lowest BCUT2D eigenvalue weighted by molar-refractivity contribution is -0.137. The van der Waals surface area contributed by atoms with Crippen LogP contribution in [0, 0.1) is 0 Å². The molecule has 0 bridgehead atoms. The Morgan fingerprint density at radius 1 is 1.22 bits per heavy atom. The number of esters is 1. The Morgan fingerprint density at radius 2 is 1.93 bits per heavy atom. The van der Waals surface area contributed by atoms with Crippen molar-refractivity contribution in [3.8, 4) is 0 Å². The molecule has 1 amide bonds. The molecule has 1 heterocycles. The van der Waals surface area contributed by atoms with E-state index >= 15 is 0 Å². The number of nitrogens with zero attached hydrogens (tertiary/aromatic N) is 1. The van der Waals surface area contributed by atoms with Crippen LogP contribution in [-0.2, 0) is 19.7 Å². The van der Waals surface area contributed by atoms with Gasteiger partial charge in [-0.2, -0.15) is 0 Å². The van der Waals surface area contributed by atoms with E-state index in [1.54, 1.807) is 19.1 Å². The summed E-state index contributed by atoms with van der Waals surface area (Å²) in [5.41, 5.74) is 2.27. The van der Waals surface area contributed by atoms with Gasteiger partial charge >= 0.3 is 5.97 Å². The molecular weight excluding hydrogens is 346 g/mol. The van der Waals surface area contributed by atoms with E-state index in [1.165, 1.54) is 6.08 Å². The number of carbonyl (C=O) groups is 2. The van der Waals surface area contributed by atoms with Gasteiger partial charge in [-0.1, -0.05) is 38.1 Å². The van der Waals surface area contributed by atoms with Crippen LogP contribution < -0.4 is 10.6 Å². The van der Waals surface area contributed by atoms with Crippen molar-refractivity contribution in [3.63, 3.8) is 0 Å². The molecule has 2 N–H and O–H groups in total. The molecule has 27 heavy (non-hydrogen) atoms. The second-order valence-electron chi connectivity index (χ2n) is 6.94. The fourth-order valence-corrected chi connectivity index (χ4v) is 2.12. The molecule has 7 heteroatoms. The molecule has 0 saturated carbocycles. The quantitative estimate of drug-likeness (QED) is 0.571. The van der Waals surface area contributed by atoms with E-state index in [0.717, 1.165) is 16.9 Å². The Kier molecular flexibility index (Phi) is 6.76. The van der Waals surface area contributed by atoms with Crippen molar-refractivity contribution in [2.45, 2.75) is 33.1 Å². The molecule has 0 fully saturated rings. The Morgan fingerprint density at radius 3 is 2.52 bits per heavy atom. The summed E-state index contributed by atoms with van der Waals surface area (Å²) in [6, 6.07) is 9.04. The van der Waals surface area contributed by atoms with E-state index in [2.05, 4.69) is 15.8 Å². The lowest BCUT2D eigenvalue weighted by Crippen LogP contribution is -2.21. The third-order valence-electron chi connectivity index (χ3n) is 3.60. The molecule has 2 aromatic rings. The normalized spacial score (nSPS) is 11.4. The van der Waals surface area contributed by atoms with E-state index in [1.807, 2.05) is 45.0 Å². The molecule has 1 aromatic heterocycles. The highest BCUT2D eigenvalue weighted by Gasteiger charge is 2.19. The first kappa shape index (κ1) is 20.2. The monoisotopic (exact) mass is 371 g/mol. The Labute approximate surface area is 158 Å². The molecule has 0 radical (unpaired) electrons. The maximum atomic E-state index is 12.0. The molecule has 7 nitrogen and oxygen atoms in total. The van der Waals surface area contributed by atoms with Gasteiger partial charge in [0.15, 0.2) is 0 Å². The third kappa shape index (κ3) is 6.62. The summed E-state index contributed by atoms with van der Waals surface area (Å²) in [7, 11) is 0. The van der Waals surface area contributed by atoms with Crippen LogP contribution in [0.1, 0.15) is 39.0 Å². The minimum Gasteiger partial charge on any atom is -0.463 e. The van der Waals surface area contributed by atoms with Crippen LogP contribution in [0.5, 0.6) is 0 Å². The maximum absolute atomic E-state index is 12.0. The molecule has 1 aromatic carbocycles. The SMILES string of the molecule is CCOC(=O)/C=C/c1ccc(NCC(=O)Nc2cc(C(C)(C)C)no2)cc1. The van der Waals surface area contributed by atoms with Gasteiger partial charge in [0, 0.05) is 23.2 Å². The van der Waals surface area contributed by atoms with E-state index in [-0.39, 0.29) is 23.8 Å². The van der Waals surface area contributed by atoms with Crippen LogP contribution in [-0.4, -0.2) is 30.2 Å². The number of anilines is 2. The average molecular weight is 371 g/mol. The summed E-state index contributed by atoms with van der Waals surface area (Å²) in [6.07, 6.45) is 3.05. The molecule has 0 atom stereocenters. The summed E-state index contributed by atoms with van der Waals surface area (Å²) in [5.74, 6) is -0.289. The van der Waals surface area contributed by atoms with Crippen LogP contribution in [0.3, 0.4) is 0 Å². The predicted molar refractivity (Wildman–Crippen MR) is 104 cm³/mol. The predicted octanol–water partition coefficient (Wildman–Crippen LogP) is 3.60. The zero-order chi connectivity index (χ0) is 19.9. The highest BCUT2D eigenvalue weighted by Crippen LogP contribution is 2.23. The Hall–Kier alpha value is -3.09. The van der Waals surface area contributed by atoms with Gasteiger partial charge in [-0.15, -0.1) is 0 Å². The fraction of sp³-hybridized carbons (Fsp3) is 0.350. The van der Waals surface area contributed by atoms with Crippen molar-refractivity contribution >= 4 is 29.5 Å². The van der Waals surface area contributed by atoms with Gasteiger partial charge in [0.2, 0.25) is 11.8 Å². The zero-order valence-electron chi connectivity index (χ0n) is 16.0. The van der Waals surface area contributed by atoms with Crippen LogP contribution in [0.15, 0.2) is 40.9 Å². The van der Waals surface area contributed by atoms with Crippen molar-refractivity contribution in [1.29, 1.82) is 0 Å². The van der Waals surface area contributed by atoms with Gasteiger partial charge in [0.05, 0.1) is 18.8 Å². The van der Waals surface area contributed by atoms with E-state index in [4.69, 9.17) is 9.26 Å². The summed E-state index contributed by atoms with van der Waals surface area (Å²) < 4.78 is 9.96. The lowest BCUT2D eigenvalue weighted by atomic mass is 9.92. The lowest BCUT2D eigenvalue weighted by Gasteiger charge is -2.12. The van der Waals surface area contributed by atoms with Crippen molar-refractivity contribution in [3.05, 3.63) is 47.7 Å². The number of rotatable bonds is 7. The van der Waals surface area contributed by atoms with Gasteiger partial charge < -0.3 is 14.6 Å². The van der Waals surface area contributed by atoms with Crippen molar-refractivity contribution < 1.29 is 18.8 Å². The summed E-state index contributed by atoms with van der Waals surface area (Å²) in [4.78, 5) is 23.3. The number of nitrogens with one attached hydrogen (secondary N) is 2. The maximum Gasteiger partial charge on any atom is 0.330 e. The van der Waals surface area contributed by atoms with Crippen molar-refractivity contribution in [2.75, 3.05) is 23.8 Å². The largest absolute Gasteiger partial charge is 0.463 e. The van der Waals surface area contributed by atoms with Crippen molar-refractivity contribution in [2.24, 2.45) is 0 Å². The van der Waals surface area contributed by atoms with Gasteiger partial charge in [-0.05, 0) is 30.7 Å². The number of ether oxygens (including phenoxy) is 1. The van der Waals surface area contributed by atoms with E-state index in [9.17, 15) is 9.59 Å². The Bertz CT molecular complexity index is 801. The first-order valence-electron chi connectivity index (χ1n) is 8.73. The van der Waals surface area contributed by atoms with Gasteiger partial charge in [0.25, 0.3) is 0 Å². The summed E-state index contributed by atoms with van der Waals surface area (Å²) in [6.45, 7) is 8.24. The van der Waals surface area contributed by atoms with Gasteiger partial charge in [-0.3, -0.25) is 10.1 Å². The number of amides is 1. The first-order valence-corrected chi connectivity index (χ1v) is 8.73. The molecule has 0 aliphatic rings. The van der Waals surface area contributed by atoms with Crippen LogP contribution in [0.2, 0.25) is 0 Å². The topological polar surface area (TPSA) is 93.5 Å². The van der Waals surface area contributed by atoms with E-state index < -0.39 is 0 Å². The first-order chi connectivity index (χ1) is 12.8. The summed E-state index contributed by atoms with van der Waals surface area (Å²) >= 11 is 0.